The lowest BCUT2D eigenvalue weighted by Crippen LogP contribution is -2.57. The van der Waals surface area contributed by atoms with Crippen LogP contribution in [0.4, 0.5) is 0 Å². The zero-order chi connectivity index (χ0) is 9.19. The van der Waals surface area contributed by atoms with Crippen LogP contribution in [0.25, 0.3) is 0 Å². The Morgan fingerprint density at radius 1 is 1.42 bits per heavy atom. The second-order valence-electron chi connectivity index (χ2n) is 4.66. The van der Waals surface area contributed by atoms with Gasteiger partial charge < -0.3 is 5.32 Å². The van der Waals surface area contributed by atoms with Gasteiger partial charge in [-0.2, -0.15) is 0 Å². The normalized spacial score (nSPS) is 22.8. The molecule has 1 aliphatic rings. The van der Waals surface area contributed by atoms with Crippen LogP contribution in [0.1, 0.15) is 27.2 Å². The second kappa shape index (κ2) is 3.75. The van der Waals surface area contributed by atoms with E-state index >= 15 is 0 Å². The lowest BCUT2D eigenvalue weighted by atomic mass is 9.78. The molecule has 0 saturated carbocycles. The van der Waals surface area contributed by atoms with Crippen LogP contribution in [0.3, 0.4) is 0 Å². The van der Waals surface area contributed by atoms with Crippen LogP contribution in [0.2, 0.25) is 0 Å². The zero-order valence-corrected chi connectivity index (χ0v) is 8.85. The number of hydrogen-bond donors (Lipinski definition) is 1. The van der Waals surface area contributed by atoms with Gasteiger partial charge in [0.2, 0.25) is 0 Å². The summed E-state index contributed by atoms with van der Waals surface area (Å²) in [6.45, 7) is 10.7. The topological polar surface area (TPSA) is 15.3 Å². The first-order valence-electron chi connectivity index (χ1n) is 4.96. The summed E-state index contributed by atoms with van der Waals surface area (Å²) >= 11 is 0. The summed E-state index contributed by atoms with van der Waals surface area (Å²) in [4.78, 5) is 2.54. The van der Waals surface area contributed by atoms with Gasteiger partial charge in [-0.25, -0.2) is 0 Å². The molecule has 2 nitrogen and oxygen atoms in total. The summed E-state index contributed by atoms with van der Waals surface area (Å²) in [5.74, 6) is 0. The standard InChI is InChI=1S/C10H22N2/c1-9(2)12-7-10(3,8-12)5-6-11-4/h9,11H,5-8H2,1-4H3. The quantitative estimate of drug-likeness (QED) is 0.684. The lowest BCUT2D eigenvalue weighted by molar-refractivity contribution is -0.0133. The maximum absolute atomic E-state index is 3.22. The highest BCUT2D eigenvalue weighted by atomic mass is 15.2. The third kappa shape index (κ3) is 2.20. The van der Waals surface area contributed by atoms with E-state index in [1.807, 2.05) is 7.05 Å². The summed E-state index contributed by atoms with van der Waals surface area (Å²) in [6.07, 6.45) is 1.31. The molecule has 0 unspecified atom stereocenters. The van der Waals surface area contributed by atoms with E-state index in [1.165, 1.54) is 19.5 Å². The molecule has 0 aromatic rings. The molecule has 2 heteroatoms. The second-order valence-corrected chi connectivity index (χ2v) is 4.66. The molecule has 0 atom stereocenters. The SMILES string of the molecule is CNCCC1(C)CN(C(C)C)C1. The van der Waals surface area contributed by atoms with Crippen LogP contribution in [0, 0.1) is 5.41 Å². The van der Waals surface area contributed by atoms with Crippen molar-refractivity contribution >= 4 is 0 Å². The highest BCUT2D eigenvalue weighted by Gasteiger charge is 2.38. The van der Waals surface area contributed by atoms with Crippen molar-refractivity contribution in [3.05, 3.63) is 0 Å². The molecule has 0 aliphatic carbocycles. The van der Waals surface area contributed by atoms with Gasteiger partial charge in [0, 0.05) is 19.1 Å². The Balaban J connectivity index is 2.20. The van der Waals surface area contributed by atoms with Crippen molar-refractivity contribution in [1.29, 1.82) is 0 Å². The van der Waals surface area contributed by atoms with Gasteiger partial charge in [-0.3, -0.25) is 4.90 Å². The molecular weight excluding hydrogens is 148 g/mol. The monoisotopic (exact) mass is 170 g/mol. The molecule has 12 heavy (non-hydrogen) atoms. The van der Waals surface area contributed by atoms with Crippen molar-refractivity contribution in [2.45, 2.75) is 33.2 Å². The van der Waals surface area contributed by atoms with Gasteiger partial charge in [0.05, 0.1) is 0 Å². The minimum absolute atomic E-state index is 0.591. The van der Waals surface area contributed by atoms with E-state index in [0.717, 1.165) is 12.6 Å². The van der Waals surface area contributed by atoms with Gasteiger partial charge in [-0.1, -0.05) is 6.92 Å². The first-order chi connectivity index (χ1) is 5.57. The Kier molecular flexibility index (Phi) is 3.13. The predicted molar refractivity (Wildman–Crippen MR) is 53.4 cm³/mol. The maximum Gasteiger partial charge on any atom is 0.00510 e. The molecular formula is C10H22N2. The molecule has 1 aliphatic heterocycles. The van der Waals surface area contributed by atoms with Gasteiger partial charge in [-0.15, -0.1) is 0 Å². The van der Waals surface area contributed by atoms with E-state index in [0.29, 0.717) is 5.41 Å². The highest BCUT2D eigenvalue weighted by molar-refractivity contribution is 4.92. The van der Waals surface area contributed by atoms with Crippen molar-refractivity contribution in [2.24, 2.45) is 5.41 Å². The Labute approximate surface area is 76.3 Å². The molecule has 1 fully saturated rings. The van der Waals surface area contributed by atoms with Crippen LogP contribution in [-0.4, -0.2) is 37.6 Å². The minimum Gasteiger partial charge on any atom is -0.320 e. The fraction of sp³-hybridized carbons (Fsp3) is 1.00. The Morgan fingerprint density at radius 2 is 2.00 bits per heavy atom. The number of hydrogen-bond acceptors (Lipinski definition) is 2. The first-order valence-corrected chi connectivity index (χ1v) is 4.96. The van der Waals surface area contributed by atoms with Gasteiger partial charge in [0.15, 0.2) is 0 Å². The van der Waals surface area contributed by atoms with Crippen LogP contribution < -0.4 is 5.32 Å². The number of nitrogens with zero attached hydrogens (tertiary/aromatic N) is 1. The van der Waals surface area contributed by atoms with Crippen molar-refractivity contribution in [3.63, 3.8) is 0 Å². The molecule has 0 amide bonds. The third-order valence-corrected chi connectivity index (χ3v) is 2.88. The van der Waals surface area contributed by atoms with Crippen molar-refractivity contribution in [3.8, 4) is 0 Å². The molecule has 1 rings (SSSR count). The van der Waals surface area contributed by atoms with E-state index in [9.17, 15) is 0 Å². The fourth-order valence-electron chi connectivity index (χ4n) is 1.88. The maximum atomic E-state index is 3.22. The average Bonchev–Trinajstić information content (AvgIpc) is 1.95. The van der Waals surface area contributed by atoms with Crippen LogP contribution in [0.5, 0.6) is 0 Å². The molecule has 0 aromatic carbocycles. The zero-order valence-electron chi connectivity index (χ0n) is 8.85. The lowest BCUT2D eigenvalue weighted by Gasteiger charge is -2.50. The molecule has 72 valence electrons. The van der Waals surface area contributed by atoms with Crippen LogP contribution >= 0.6 is 0 Å². The third-order valence-electron chi connectivity index (χ3n) is 2.88. The van der Waals surface area contributed by atoms with E-state index in [2.05, 4.69) is 31.0 Å². The summed E-state index contributed by atoms with van der Waals surface area (Å²) in [5, 5.41) is 3.22. The highest BCUT2D eigenvalue weighted by Crippen LogP contribution is 2.33. The molecule has 0 bridgehead atoms. The summed E-state index contributed by atoms with van der Waals surface area (Å²) in [5.41, 5.74) is 0.591. The molecule has 1 heterocycles. The molecule has 0 aromatic heterocycles. The summed E-state index contributed by atoms with van der Waals surface area (Å²) < 4.78 is 0. The Hall–Kier alpha value is -0.0800. The van der Waals surface area contributed by atoms with Gasteiger partial charge in [-0.05, 0) is 39.3 Å². The molecule has 1 N–H and O–H groups in total. The Bertz CT molecular complexity index is 137. The van der Waals surface area contributed by atoms with E-state index in [-0.39, 0.29) is 0 Å². The van der Waals surface area contributed by atoms with Crippen molar-refractivity contribution in [2.75, 3.05) is 26.7 Å². The first kappa shape index (κ1) is 10.0. The van der Waals surface area contributed by atoms with Gasteiger partial charge in [0.1, 0.15) is 0 Å². The van der Waals surface area contributed by atoms with Crippen molar-refractivity contribution in [1.82, 2.24) is 10.2 Å². The van der Waals surface area contributed by atoms with E-state index in [4.69, 9.17) is 0 Å². The molecule has 0 spiro atoms. The van der Waals surface area contributed by atoms with Crippen molar-refractivity contribution < 1.29 is 0 Å². The smallest absolute Gasteiger partial charge is 0.00510 e. The van der Waals surface area contributed by atoms with Gasteiger partial charge in [0.25, 0.3) is 0 Å². The molecule has 0 radical (unpaired) electrons. The minimum atomic E-state index is 0.591. The number of nitrogens with one attached hydrogen (secondary N) is 1. The van der Waals surface area contributed by atoms with E-state index < -0.39 is 0 Å². The molecule has 1 saturated heterocycles. The predicted octanol–water partition coefficient (Wildman–Crippen LogP) is 1.33. The largest absolute Gasteiger partial charge is 0.320 e. The number of rotatable bonds is 4. The average molecular weight is 170 g/mol. The fourth-order valence-corrected chi connectivity index (χ4v) is 1.88. The van der Waals surface area contributed by atoms with Gasteiger partial charge >= 0.3 is 0 Å². The van der Waals surface area contributed by atoms with E-state index in [1.54, 1.807) is 0 Å². The van der Waals surface area contributed by atoms with Crippen LogP contribution in [0.15, 0.2) is 0 Å². The summed E-state index contributed by atoms with van der Waals surface area (Å²) in [6, 6.07) is 0.729. The summed E-state index contributed by atoms with van der Waals surface area (Å²) in [7, 11) is 2.03. The van der Waals surface area contributed by atoms with Crippen LogP contribution in [-0.2, 0) is 0 Å². The number of likely N-dealkylation sites (tertiary alicyclic amines) is 1. The Morgan fingerprint density at radius 3 is 2.42 bits per heavy atom.